The molecule has 6 nitrogen and oxygen atoms in total. The molecule has 0 saturated carbocycles. The number of carbonyl (C=O) groups is 1. The Morgan fingerprint density at radius 1 is 1.29 bits per heavy atom. The fraction of sp³-hybridized carbons (Fsp3) is 0.682. The van der Waals surface area contributed by atoms with Crippen LogP contribution in [-0.4, -0.2) is 62.6 Å². The highest BCUT2D eigenvalue weighted by molar-refractivity contribution is 5.71. The van der Waals surface area contributed by atoms with Gasteiger partial charge < -0.3 is 24.0 Å². The first-order valence-corrected chi connectivity index (χ1v) is 10.2. The Hall–Kier alpha value is -1.95. The van der Waals surface area contributed by atoms with Gasteiger partial charge in [-0.15, -0.1) is 0 Å². The minimum Gasteiger partial charge on any atom is -0.489 e. The molecule has 2 heterocycles. The van der Waals surface area contributed by atoms with Crippen LogP contribution in [0.1, 0.15) is 44.4 Å². The van der Waals surface area contributed by atoms with Crippen LogP contribution < -0.4 is 9.64 Å². The van der Waals surface area contributed by atoms with Gasteiger partial charge in [-0.05, 0) is 70.2 Å². The Morgan fingerprint density at radius 2 is 2.00 bits per heavy atom. The van der Waals surface area contributed by atoms with Gasteiger partial charge in [-0.2, -0.15) is 0 Å². The number of benzene rings is 1. The zero-order chi connectivity index (χ0) is 20.5. The van der Waals surface area contributed by atoms with E-state index >= 15 is 0 Å². The molecule has 2 aliphatic rings. The highest BCUT2D eigenvalue weighted by Crippen LogP contribution is 2.41. The number of ether oxygens (including phenoxy) is 3. The largest absolute Gasteiger partial charge is 0.489 e. The smallest absolute Gasteiger partial charge is 0.410 e. The van der Waals surface area contributed by atoms with Crippen LogP contribution >= 0.6 is 0 Å². The lowest BCUT2D eigenvalue weighted by molar-refractivity contribution is 0.0258. The number of nitrogens with zero attached hydrogens (tertiary/aromatic N) is 2. The van der Waals surface area contributed by atoms with Crippen molar-refractivity contribution < 1.29 is 19.0 Å². The number of carbonyl (C=O) groups excluding carboxylic acids is 1. The Morgan fingerprint density at radius 3 is 2.68 bits per heavy atom. The van der Waals surface area contributed by atoms with E-state index in [1.165, 1.54) is 22.4 Å². The fourth-order valence-electron chi connectivity index (χ4n) is 4.09. The summed E-state index contributed by atoms with van der Waals surface area (Å²) in [5.74, 6) is 0.955. The summed E-state index contributed by atoms with van der Waals surface area (Å²) in [7, 11) is 1.74. The van der Waals surface area contributed by atoms with E-state index in [0.717, 1.165) is 25.1 Å². The Balaban J connectivity index is 1.86. The van der Waals surface area contributed by atoms with Gasteiger partial charge in [0, 0.05) is 26.7 Å². The van der Waals surface area contributed by atoms with E-state index in [4.69, 9.17) is 14.2 Å². The second kappa shape index (κ2) is 8.19. The van der Waals surface area contributed by atoms with E-state index in [0.29, 0.717) is 32.3 Å². The first-order valence-electron chi connectivity index (χ1n) is 10.2. The van der Waals surface area contributed by atoms with Gasteiger partial charge in [0.05, 0.1) is 18.3 Å². The summed E-state index contributed by atoms with van der Waals surface area (Å²) in [5.41, 5.74) is 4.59. The molecular weight excluding hydrogens is 356 g/mol. The van der Waals surface area contributed by atoms with Gasteiger partial charge in [0.2, 0.25) is 0 Å². The van der Waals surface area contributed by atoms with Crippen LogP contribution in [0.4, 0.5) is 10.5 Å². The van der Waals surface area contributed by atoms with Gasteiger partial charge in [0.15, 0.2) is 0 Å². The molecule has 0 aliphatic carbocycles. The summed E-state index contributed by atoms with van der Waals surface area (Å²) < 4.78 is 17.0. The second-order valence-electron chi connectivity index (χ2n) is 8.80. The molecule has 0 fully saturated rings. The maximum Gasteiger partial charge on any atom is 0.410 e. The van der Waals surface area contributed by atoms with E-state index in [2.05, 4.69) is 24.8 Å². The molecule has 0 radical (unpaired) electrons. The molecule has 2 aliphatic heterocycles. The van der Waals surface area contributed by atoms with Gasteiger partial charge in [0.25, 0.3) is 0 Å². The number of anilines is 1. The van der Waals surface area contributed by atoms with Gasteiger partial charge in [-0.25, -0.2) is 4.79 Å². The van der Waals surface area contributed by atoms with Crippen LogP contribution in [0.15, 0.2) is 6.07 Å². The zero-order valence-corrected chi connectivity index (χ0v) is 18.1. The summed E-state index contributed by atoms with van der Waals surface area (Å²) in [6, 6.07) is 2.49. The number of methoxy groups -OCH3 is 1. The quantitative estimate of drug-likeness (QED) is 0.790. The van der Waals surface area contributed by atoms with Crippen molar-refractivity contribution in [2.24, 2.45) is 0 Å². The van der Waals surface area contributed by atoms with Crippen molar-refractivity contribution in [3.05, 3.63) is 22.8 Å². The van der Waals surface area contributed by atoms with Crippen molar-refractivity contribution in [1.29, 1.82) is 0 Å². The summed E-state index contributed by atoms with van der Waals surface area (Å²) in [6.07, 6.45) is 1.43. The number of fused-ring (bicyclic) bond motifs is 2. The molecule has 156 valence electrons. The molecule has 0 unspecified atom stereocenters. The predicted molar refractivity (Wildman–Crippen MR) is 111 cm³/mol. The van der Waals surface area contributed by atoms with Gasteiger partial charge in [-0.3, -0.25) is 0 Å². The van der Waals surface area contributed by atoms with Crippen molar-refractivity contribution in [3.63, 3.8) is 0 Å². The van der Waals surface area contributed by atoms with Gasteiger partial charge >= 0.3 is 6.09 Å². The first-order chi connectivity index (χ1) is 13.2. The lowest BCUT2D eigenvalue weighted by atomic mass is 9.94. The van der Waals surface area contributed by atoms with Crippen LogP contribution in [0, 0.1) is 6.92 Å². The van der Waals surface area contributed by atoms with E-state index in [1.54, 1.807) is 7.11 Å². The lowest BCUT2D eigenvalue weighted by Crippen LogP contribution is -2.43. The average molecular weight is 391 g/mol. The number of hydrogen-bond donors (Lipinski definition) is 0. The van der Waals surface area contributed by atoms with Gasteiger partial charge in [-0.1, -0.05) is 0 Å². The fourth-order valence-corrected chi connectivity index (χ4v) is 4.09. The van der Waals surface area contributed by atoms with Crippen LogP contribution in [0.3, 0.4) is 0 Å². The maximum absolute atomic E-state index is 12.5. The number of rotatable bonds is 3. The van der Waals surface area contributed by atoms with Crippen LogP contribution in [0.2, 0.25) is 0 Å². The van der Waals surface area contributed by atoms with E-state index in [1.807, 2.05) is 25.7 Å². The molecule has 0 spiro atoms. The maximum atomic E-state index is 12.5. The minimum atomic E-state index is -0.475. The summed E-state index contributed by atoms with van der Waals surface area (Å²) in [5, 5.41) is 0. The number of amides is 1. The molecule has 0 saturated heterocycles. The molecule has 1 amide bonds. The third kappa shape index (κ3) is 4.37. The third-order valence-electron chi connectivity index (χ3n) is 5.50. The summed E-state index contributed by atoms with van der Waals surface area (Å²) >= 11 is 0. The molecule has 28 heavy (non-hydrogen) atoms. The molecule has 1 atom stereocenters. The monoisotopic (exact) mass is 390 g/mol. The Labute approximate surface area is 168 Å². The molecule has 6 heteroatoms. The standard InChI is InChI=1S/C22H34N2O4/c1-15-14-27-19-13-17-7-9-23(21(25)28-22(3,4)5)10-8-18(17)16(2)20(19)24(15)11-12-26-6/h13,15H,7-12,14H2,1-6H3/t15-/m0/s1. The molecular formula is C22H34N2O4. The van der Waals surface area contributed by atoms with Gasteiger partial charge in [0.1, 0.15) is 18.0 Å². The zero-order valence-electron chi connectivity index (χ0n) is 18.1. The Bertz CT molecular complexity index is 726. The highest BCUT2D eigenvalue weighted by atomic mass is 16.6. The van der Waals surface area contributed by atoms with Crippen molar-refractivity contribution in [2.45, 2.75) is 59.1 Å². The normalized spacial score (nSPS) is 19.4. The van der Waals surface area contributed by atoms with E-state index in [9.17, 15) is 4.79 Å². The van der Waals surface area contributed by atoms with Crippen molar-refractivity contribution in [3.8, 4) is 5.75 Å². The average Bonchev–Trinajstić information content (AvgIpc) is 2.83. The highest BCUT2D eigenvalue weighted by Gasteiger charge is 2.30. The molecule has 1 aromatic rings. The van der Waals surface area contributed by atoms with E-state index in [-0.39, 0.29) is 6.09 Å². The first kappa shape index (κ1) is 20.8. The number of hydrogen-bond acceptors (Lipinski definition) is 5. The summed E-state index contributed by atoms with van der Waals surface area (Å²) in [6.45, 7) is 13.6. The van der Waals surface area contributed by atoms with Crippen molar-refractivity contribution >= 4 is 11.8 Å². The molecule has 0 aromatic heterocycles. The van der Waals surface area contributed by atoms with Crippen LogP contribution in [-0.2, 0) is 22.3 Å². The van der Waals surface area contributed by atoms with Crippen LogP contribution in [0.25, 0.3) is 0 Å². The molecule has 0 bridgehead atoms. The van der Waals surface area contributed by atoms with Crippen LogP contribution in [0.5, 0.6) is 5.75 Å². The topological polar surface area (TPSA) is 51.2 Å². The molecule has 1 aromatic carbocycles. The lowest BCUT2D eigenvalue weighted by Gasteiger charge is -2.38. The van der Waals surface area contributed by atoms with Crippen molar-refractivity contribution in [2.75, 3.05) is 44.9 Å². The van der Waals surface area contributed by atoms with E-state index < -0.39 is 5.60 Å². The molecule has 0 N–H and O–H groups in total. The van der Waals surface area contributed by atoms with Crippen molar-refractivity contribution in [1.82, 2.24) is 4.90 Å². The minimum absolute atomic E-state index is 0.227. The third-order valence-corrected chi connectivity index (χ3v) is 5.50. The summed E-state index contributed by atoms with van der Waals surface area (Å²) in [4.78, 5) is 16.8. The predicted octanol–water partition coefficient (Wildman–Crippen LogP) is 3.56. The molecule has 3 rings (SSSR count). The second-order valence-corrected chi connectivity index (χ2v) is 8.80. The Kier molecular flexibility index (Phi) is 6.08. The SMILES string of the molecule is COCCN1c2c(cc3c(c2C)CCN(C(=O)OC(C)(C)C)CC3)OC[C@@H]1C.